The summed E-state index contributed by atoms with van der Waals surface area (Å²) in [5.41, 5.74) is 1.90. The van der Waals surface area contributed by atoms with Crippen LogP contribution in [0, 0.1) is 18.8 Å². The SMILES string of the molecule is COC(=O)C(CC(C)C)NC(=O)C1CC(=O)N(c2ccc(C)cc2)C1. The van der Waals surface area contributed by atoms with Crippen molar-refractivity contribution in [3.8, 4) is 0 Å². The highest BCUT2D eigenvalue weighted by atomic mass is 16.5. The second-order valence-electron chi connectivity index (χ2n) is 6.95. The quantitative estimate of drug-likeness (QED) is 0.800. The molecule has 1 aromatic carbocycles. The molecule has 1 fully saturated rings. The Morgan fingerprint density at radius 2 is 1.92 bits per heavy atom. The molecule has 1 aliphatic rings. The fourth-order valence-corrected chi connectivity index (χ4v) is 2.97. The number of anilines is 1. The summed E-state index contributed by atoms with van der Waals surface area (Å²) in [4.78, 5) is 38.3. The fourth-order valence-electron chi connectivity index (χ4n) is 2.97. The normalized spacial score (nSPS) is 18.4. The molecule has 6 nitrogen and oxygen atoms in total. The van der Waals surface area contributed by atoms with Gasteiger partial charge in [0.1, 0.15) is 6.04 Å². The van der Waals surface area contributed by atoms with Gasteiger partial charge in [0, 0.05) is 18.7 Å². The molecule has 1 saturated heterocycles. The van der Waals surface area contributed by atoms with Gasteiger partial charge >= 0.3 is 5.97 Å². The lowest BCUT2D eigenvalue weighted by Crippen LogP contribution is -2.45. The summed E-state index contributed by atoms with van der Waals surface area (Å²) in [7, 11) is 1.31. The molecule has 0 bridgehead atoms. The first kappa shape index (κ1) is 19.0. The Kier molecular flexibility index (Phi) is 6.17. The lowest BCUT2D eigenvalue weighted by molar-refractivity contribution is -0.146. The zero-order valence-corrected chi connectivity index (χ0v) is 15.2. The monoisotopic (exact) mass is 346 g/mol. The van der Waals surface area contributed by atoms with Crippen LogP contribution in [0.4, 0.5) is 5.69 Å². The van der Waals surface area contributed by atoms with Crippen molar-refractivity contribution in [2.24, 2.45) is 11.8 Å². The van der Waals surface area contributed by atoms with E-state index in [0.717, 1.165) is 11.3 Å². The van der Waals surface area contributed by atoms with Crippen LogP contribution in [-0.4, -0.2) is 37.5 Å². The van der Waals surface area contributed by atoms with Crippen LogP contribution >= 0.6 is 0 Å². The number of aryl methyl sites for hydroxylation is 1. The minimum absolute atomic E-state index is 0.0810. The number of benzene rings is 1. The van der Waals surface area contributed by atoms with E-state index in [2.05, 4.69) is 5.32 Å². The summed E-state index contributed by atoms with van der Waals surface area (Å²) < 4.78 is 4.77. The number of nitrogens with zero attached hydrogens (tertiary/aromatic N) is 1. The third kappa shape index (κ3) is 4.81. The predicted octanol–water partition coefficient (Wildman–Crippen LogP) is 2.05. The molecular weight excluding hydrogens is 320 g/mol. The largest absolute Gasteiger partial charge is 0.467 e. The van der Waals surface area contributed by atoms with E-state index in [1.165, 1.54) is 7.11 Å². The Morgan fingerprint density at radius 1 is 1.28 bits per heavy atom. The first-order chi connectivity index (χ1) is 11.8. The van der Waals surface area contributed by atoms with Crippen LogP contribution < -0.4 is 10.2 Å². The molecule has 0 aromatic heterocycles. The molecular formula is C19H26N2O4. The van der Waals surface area contributed by atoms with Gasteiger partial charge in [-0.1, -0.05) is 31.5 Å². The van der Waals surface area contributed by atoms with Crippen LogP contribution in [0.2, 0.25) is 0 Å². The van der Waals surface area contributed by atoms with Crippen molar-refractivity contribution in [2.45, 2.75) is 39.7 Å². The molecule has 1 aliphatic heterocycles. The maximum atomic E-state index is 12.5. The van der Waals surface area contributed by atoms with Gasteiger partial charge in [-0.2, -0.15) is 0 Å². The summed E-state index contributed by atoms with van der Waals surface area (Å²) >= 11 is 0. The first-order valence-electron chi connectivity index (χ1n) is 8.57. The van der Waals surface area contributed by atoms with Gasteiger partial charge in [-0.3, -0.25) is 9.59 Å². The van der Waals surface area contributed by atoms with Crippen molar-refractivity contribution in [3.05, 3.63) is 29.8 Å². The third-order valence-corrected chi connectivity index (χ3v) is 4.35. The molecule has 0 spiro atoms. The average Bonchev–Trinajstić information content (AvgIpc) is 2.95. The van der Waals surface area contributed by atoms with E-state index in [9.17, 15) is 14.4 Å². The first-order valence-corrected chi connectivity index (χ1v) is 8.57. The Hall–Kier alpha value is -2.37. The highest BCUT2D eigenvalue weighted by Gasteiger charge is 2.36. The average molecular weight is 346 g/mol. The van der Waals surface area contributed by atoms with Crippen molar-refractivity contribution in [1.29, 1.82) is 0 Å². The Bertz CT molecular complexity index is 639. The molecule has 6 heteroatoms. The van der Waals surface area contributed by atoms with Gasteiger partial charge in [-0.15, -0.1) is 0 Å². The highest BCUT2D eigenvalue weighted by molar-refractivity contribution is 6.00. The molecule has 0 radical (unpaired) electrons. The molecule has 0 saturated carbocycles. The lowest BCUT2D eigenvalue weighted by atomic mass is 10.0. The number of methoxy groups -OCH3 is 1. The van der Waals surface area contributed by atoms with Crippen molar-refractivity contribution < 1.29 is 19.1 Å². The number of nitrogens with one attached hydrogen (secondary N) is 1. The topological polar surface area (TPSA) is 75.7 Å². The van der Waals surface area contributed by atoms with Crippen molar-refractivity contribution in [2.75, 3.05) is 18.6 Å². The van der Waals surface area contributed by atoms with E-state index in [4.69, 9.17) is 4.74 Å². The number of amides is 2. The Morgan fingerprint density at radius 3 is 2.48 bits per heavy atom. The summed E-state index contributed by atoms with van der Waals surface area (Å²) in [6.45, 7) is 6.25. The van der Waals surface area contributed by atoms with Gasteiger partial charge in [-0.05, 0) is 31.4 Å². The van der Waals surface area contributed by atoms with Crippen LogP contribution in [0.3, 0.4) is 0 Å². The van der Waals surface area contributed by atoms with Crippen LogP contribution in [0.5, 0.6) is 0 Å². The standard InChI is InChI=1S/C19H26N2O4/c1-12(2)9-16(19(24)25-4)20-18(23)14-10-17(22)21(11-14)15-7-5-13(3)6-8-15/h5-8,12,14,16H,9-11H2,1-4H3,(H,20,23). The second-order valence-corrected chi connectivity index (χ2v) is 6.95. The van der Waals surface area contributed by atoms with Crippen molar-refractivity contribution in [3.63, 3.8) is 0 Å². The summed E-state index contributed by atoms with van der Waals surface area (Å²) in [5.74, 6) is -1.05. The molecule has 1 heterocycles. The molecule has 2 unspecified atom stereocenters. The van der Waals surface area contributed by atoms with Crippen LogP contribution in [-0.2, 0) is 19.1 Å². The van der Waals surface area contributed by atoms with Crippen LogP contribution in [0.25, 0.3) is 0 Å². The molecule has 1 N–H and O–H groups in total. The third-order valence-electron chi connectivity index (χ3n) is 4.35. The number of rotatable bonds is 6. The number of carbonyl (C=O) groups is 3. The minimum Gasteiger partial charge on any atom is -0.467 e. The maximum Gasteiger partial charge on any atom is 0.328 e. The van der Waals surface area contributed by atoms with Crippen LogP contribution in [0.15, 0.2) is 24.3 Å². The highest BCUT2D eigenvalue weighted by Crippen LogP contribution is 2.25. The van der Waals surface area contributed by atoms with Gasteiger partial charge in [-0.25, -0.2) is 4.79 Å². The van der Waals surface area contributed by atoms with E-state index >= 15 is 0 Å². The van der Waals surface area contributed by atoms with Gasteiger partial charge in [0.2, 0.25) is 11.8 Å². The van der Waals surface area contributed by atoms with E-state index in [0.29, 0.717) is 13.0 Å². The van der Waals surface area contributed by atoms with E-state index in [1.54, 1.807) is 4.90 Å². The zero-order valence-electron chi connectivity index (χ0n) is 15.2. The molecule has 2 rings (SSSR count). The number of esters is 1. The smallest absolute Gasteiger partial charge is 0.328 e. The predicted molar refractivity (Wildman–Crippen MR) is 95.0 cm³/mol. The second kappa shape index (κ2) is 8.14. The van der Waals surface area contributed by atoms with Gasteiger partial charge in [0.05, 0.1) is 13.0 Å². The zero-order chi connectivity index (χ0) is 18.6. The molecule has 1 aromatic rings. The van der Waals surface area contributed by atoms with E-state index in [1.807, 2.05) is 45.0 Å². The molecule has 2 amide bonds. The van der Waals surface area contributed by atoms with Crippen LogP contribution in [0.1, 0.15) is 32.3 Å². The number of hydrogen-bond acceptors (Lipinski definition) is 4. The maximum absolute atomic E-state index is 12.5. The van der Waals surface area contributed by atoms with E-state index < -0.39 is 17.9 Å². The molecule has 136 valence electrons. The molecule has 0 aliphatic carbocycles. The Balaban J connectivity index is 2.03. The number of hydrogen-bond donors (Lipinski definition) is 1. The molecule has 2 atom stereocenters. The number of carbonyl (C=O) groups excluding carboxylic acids is 3. The van der Waals surface area contributed by atoms with Crippen molar-refractivity contribution in [1.82, 2.24) is 5.32 Å². The summed E-state index contributed by atoms with van der Waals surface area (Å²) in [6, 6.07) is 6.95. The summed E-state index contributed by atoms with van der Waals surface area (Å²) in [6.07, 6.45) is 0.649. The van der Waals surface area contributed by atoms with Gasteiger partial charge < -0.3 is 15.0 Å². The number of ether oxygens (including phenoxy) is 1. The minimum atomic E-state index is -0.680. The van der Waals surface area contributed by atoms with Gasteiger partial charge in [0.15, 0.2) is 0 Å². The van der Waals surface area contributed by atoms with Gasteiger partial charge in [0.25, 0.3) is 0 Å². The lowest BCUT2D eigenvalue weighted by Gasteiger charge is -2.21. The van der Waals surface area contributed by atoms with E-state index in [-0.39, 0.29) is 24.2 Å². The Labute approximate surface area is 148 Å². The molecule has 25 heavy (non-hydrogen) atoms. The fraction of sp³-hybridized carbons (Fsp3) is 0.526. The summed E-state index contributed by atoms with van der Waals surface area (Å²) in [5, 5.41) is 2.75. The van der Waals surface area contributed by atoms with Crippen molar-refractivity contribution >= 4 is 23.5 Å².